The number of fused-ring (bicyclic) bond motifs is 1. The number of nitrogens with zero attached hydrogens (tertiary/aromatic N) is 2. The molecule has 110 valence electrons. The number of hydrogen-bond donors (Lipinski definition) is 2. The lowest BCUT2D eigenvalue weighted by Crippen LogP contribution is -2.44. The third-order valence-corrected chi connectivity index (χ3v) is 3.84. The minimum absolute atomic E-state index is 0.0830. The smallest absolute Gasteiger partial charge is 0.224 e. The third-order valence-electron chi connectivity index (χ3n) is 3.84. The Morgan fingerprint density at radius 2 is 2.25 bits per heavy atom. The normalized spacial score (nSPS) is 32.4. The molecule has 0 aliphatic carbocycles. The number of carbonyl (C=O) groups is 1. The summed E-state index contributed by atoms with van der Waals surface area (Å²) in [6.07, 6.45) is 0.973. The summed E-state index contributed by atoms with van der Waals surface area (Å²) < 4.78 is 12.6. The van der Waals surface area contributed by atoms with Gasteiger partial charge < -0.3 is 19.9 Å². The molecule has 0 spiro atoms. The van der Waals surface area contributed by atoms with Crippen LogP contribution in [0.4, 0.5) is 0 Å². The molecule has 1 aromatic heterocycles. The maximum Gasteiger partial charge on any atom is 0.224 e. The van der Waals surface area contributed by atoms with Gasteiger partial charge in [0, 0.05) is 18.8 Å². The quantitative estimate of drug-likeness (QED) is 0.735. The Morgan fingerprint density at radius 1 is 1.50 bits per heavy atom. The highest BCUT2D eigenvalue weighted by atomic mass is 16.6. The summed E-state index contributed by atoms with van der Waals surface area (Å²) in [5, 5.41) is 16.8. The number of aromatic nitrogens is 2. The molecule has 2 aliphatic rings. The first-order valence-corrected chi connectivity index (χ1v) is 6.74. The highest BCUT2D eigenvalue weighted by Crippen LogP contribution is 2.26. The summed E-state index contributed by atoms with van der Waals surface area (Å²) in [4.78, 5) is 12.1. The van der Waals surface area contributed by atoms with E-state index in [1.165, 1.54) is 0 Å². The molecule has 1 aromatic rings. The molecular weight excluding hydrogens is 262 g/mol. The number of ether oxygens (including phenoxy) is 2. The van der Waals surface area contributed by atoms with E-state index < -0.39 is 6.10 Å². The largest absolute Gasteiger partial charge is 0.388 e. The Morgan fingerprint density at radius 3 is 2.95 bits per heavy atom. The van der Waals surface area contributed by atoms with Crippen molar-refractivity contribution >= 4 is 5.91 Å². The molecule has 7 heteroatoms. The molecule has 20 heavy (non-hydrogen) atoms. The van der Waals surface area contributed by atoms with Crippen LogP contribution in [0, 0.1) is 6.92 Å². The molecule has 2 fully saturated rings. The van der Waals surface area contributed by atoms with E-state index >= 15 is 0 Å². The van der Waals surface area contributed by atoms with Gasteiger partial charge in [-0.05, 0) is 6.92 Å². The molecule has 3 heterocycles. The van der Waals surface area contributed by atoms with Crippen molar-refractivity contribution in [2.45, 2.75) is 37.7 Å². The third kappa shape index (κ3) is 2.44. The van der Waals surface area contributed by atoms with Gasteiger partial charge >= 0.3 is 0 Å². The number of hydrogen-bond acceptors (Lipinski definition) is 5. The second kappa shape index (κ2) is 5.16. The van der Waals surface area contributed by atoms with Crippen LogP contribution >= 0.6 is 0 Å². The van der Waals surface area contributed by atoms with Gasteiger partial charge in [-0.3, -0.25) is 9.48 Å². The van der Waals surface area contributed by atoms with Crippen LogP contribution in [-0.4, -0.2) is 58.4 Å². The van der Waals surface area contributed by atoms with Gasteiger partial charge in [0.05, 0.1) is 31.4 Å². The minimum Gasteiger partial charge on any atom is -0.388 e. The Balaban J connectivity index is 1.58. The van der Waals surface area contributed by atoms with Crippen molar-refractivity contribution in [3.05, 3.63) is 17.5 Å². The molecule has 2 saturated heterocycles. The van der Waals surface area contributed by atoms with Crippen LogP contribution < -0.4 is 5.32 Å². The van der Waals surface area contributed by atoms with Crippen LogP contribution in [0.25, 0.3) is 0 Å². The lowest BCUT2D eigenvalue weighted by Gasteiger charge is -2.17. The topological polar surface area (TPSA) is 85.6 Å². The van der Waals surface area contributed by atoms with Crippen molar-refractivity contribution in [2.75, 3.05) is 13.2 Å². The van der Waals surface area contributed by atoms with E-state index in [1.54, 1.807) is 4.68 Å². The lowest BCUT2D eigenvalue weighted by molar-refractivity contribution is -0.121. The number of aliphatic hydroxyl groups excluding tert-OH is 1. The lowest BCUT2D eigenvalue weighted by atomic mass is 10.1. The Hall–Kier alpha value is -1.44. The molecule has 2 aliphatic heterocycles. The van der Waals surface area contributed by atoms with Crippen LogP contribution in [0.2, 0.25) is 0 Å². The number of aliphatic hydroxyl groups is 1. The number of carbonyl (C=O) groups excluding carboxylic acids is 1. The van der Waals surface area contributed by atoms with Crippen molar-refractivity contribution < 1.29 is 19.4 Å². The maximum atomic E-state index is 12.1. The zero-order valence-corrected chi connectivity index (χ0v) is 11.6. The highest BCUT2D eigenvalue weighted by molar-refractivity contribution is 5.79. The molecule has 4 atom stereocenters. The summed E-state index contributed by atoms with van der Waals surface area (Å²) in [6, 6.07) is -0.193. The van der Waals surface area contributed by atoms with Crippen molar-refractivity contribution in [3.63, 3.8) is 0 Å². The molecular formula is C13H19N3O4. The van der Waals surface area contributed by atoms with Gasteiger partial charge in [-0.1, -0.05) is 0 Å². The van der Waals surface area contributed by atoms with Gasteiger partial charge in [0.25, 0.3) is 0 Å². The highest BCUT2D eigenvalue weighted by Gasteiger charge is 2.47. The van der Waals surface area contributed by atoms with Crippen molar-refractivity contribution in [3.8, 4) is 0 Å². The van der Waals surface area contributed by atoms with E-state index in [0.717, 1.165) is 11.3 Å². The molecule has 0 unspecified atom stereocenters. The van der Waals surface area contributed by atoms with Crippen LogP contribution in [0.1, 0.15) is 11.3 Å². The van der Waals surface area contributed by atoms with Crippen LogP contribution in [0.15, 0.2) is 6.20 Å². The molecule has 0 aromatic carbocycles. The van der Waals surface area contributed by atoms with Gasteiger partial charge in [0.1, 0.15) is 18.3 Å². The zero-order chi connectivity index (χ0) is 14.3. The van der Waals surface area contributed by atoms with Crippen molar-refractivity contribution in [1.82, 2.24) is 15.1 Å². The molecule has 7 nitrogen and oxygen atoms in total. The van der Waals surface area contributed by atoms with Gasteiger partial charge in [-0.2, -0.15) is 5.10 Å². The van der Waals surface area contributed by atoms with Crippen LogP contribution in [-0.2, 0) is 27.7 Å². The molecule has 0 saturated carbocycles. The summed E-state index contributed by atoms with van der Waals surface area (Å²) in [5.74, 6) is -0.0830. The molecule has 3 rings (SSSR count). The average Bonchev–Trinajstić information content (AvgIpc) is 3.01. The predicted octanol–water partition coefficient (Wildman–Crippen LogP) is -1.09. The fourth-order valence-electron chi connectivity index (χ4n) is 2.86. The zero-order valence-electron chi connectivity index (χ0n) is 11.6. The monoisotopic (exact) mass is 281 g/mol. The first-order valence-electron chi connectivity index (χ1n) is 6.74. The van der Waals surface area contributed by atoms with Gasteiger partial charge in [-0.15, -0.1) is 0 Å². The number of rotatable bonds is 3. The van der Waals surface area contributed by atoms with Gasteiger partial charge in [-0.25, -0.2) is 0 Å². The molecule has 2 N–H and O–H groups in total. The maximum absolute atomic E-state index is 12.1. The SMILES string of the molecule is Cc1nn(C)cc1CC(=O)N[C@H]1CO[C@H]2[C@@H]1OC[C@H]2O. The number of amides is 1. The average molecular weight is 281 g/mol. The van der Waals surface area contributed by atoms with E-state index in [2.05, 4.69) is 10.4 Å². The van der Waals surface area contributed by atoms with E-state index in [9.17, 15) is 9.90 Å². The Kier molecular flexibility index (Phi) is 3.49. The molecule has 0 bridgehead atoms. The second-order valence-electron chi connectivity index (χ2n) is 5.43. The Bertz CT molecular complexity index is 516. The fourth-order valence-corrected chi connectivity index (χ4v) is 2.86. The van der Waals surface area contributed by atoms with E-state index in [1.807, 2.05) is 20.2 Å². The number of aryl methyl sites for hydroxylation is 2. The van der Waals surface area contributed by atoms with Crippen LogP contribution in [0.3, 0.4) is 0 Å². The fraction of sp³-hybridized carbons (Fsp3) is 0.692. The predicted molar refractivity (Wildman–Crippen MR) is 69.1 cm³/mol. The minimum atomic E-state index is -0.595. The second-order valence-corrected chi connectivity index (χ2v) is 5.43. The van der Waals surface area contributed by atoms with Crippen molar-refractivity contribution in [2.24, 2.45) is 7.05 Å². The molecule has 1 amide bonds. The van der Waals surface area contributed by atoms with Gasteiger partial charge in [0.2, 0.25) is 5.91 Å². The summed E-state index contributed by atoms with van der Waals surface area (Å²) in [7, 11) is 1.83. The van der Waals surface area contributed by atoms with Crippen molar-refractivity contribution in [1.29, 1.82) is 0 Å². The van der Waals surface area contributed by atoms with E-state index in [-0.39, 0.29) is 37.2 Å². The summed E-state index contributed by atoms with van der Waals surface area (Å²) >= 11 is 0. The summed E-state index contributed by atoms with van der Waals surface area (Å²) in [5.41, 5.74) is 1.77. The standard InChI is InChI=1S/C13H19N3O4/c1-7-8(4-16(2)15-7)3-11(18)14-9-5-19-13-10(17)6-20-12(9)13/h4,9-10,12-13,17H,3,5-6H2,1-2H3,(H,14,18)/t9-,10+,12+,13+/m0/s1. The Labute approximate surface area is 116 Å². The first-order chi connectivity index (χ1) is 9.54. The van der Waals surface area contributed by atoms with Gasteiger partial charge in [0.15, 0.2) is 0 Å². The van der Waals surface area contributed by atoms with E-state index in [4.69, 9.17) is 9.47 Å². The summed E-state index contributed by atoms with van der Waals surface area (Å²) in [6.45, 7) is 2.53. The number of nitrogens with one attached hydrogen (secondary N) is 1. The first kappa shape index (κ1) is 13.5. The molecule has 0 radical (unpaired) electrons. The van der Waals surface area contributed by atoms with E-state index in [0.29, 0.717) is 6.61 Å². The van der Waals surface area contributed by atoms with Crippen LogP contribution in [0.5, 0.6) is 0 Å².